The molecular weight excluding hydrogens is 326 g/mol. The summed E-state index contributed by atoms with van der Waals surface area (Å²) in [6, 6.07) is 15.7. The quantitative estimate of drug-likeness (QED) is 0.854. The zero-order valence-electron chi connectivity index (χ0n) is 13.4. The Morgan fingerprint density at radius 2 is 1.75 bits per heavy atom. The van der Waals surface area contributed by atoms with Gasteiger partial charge in [-0.05, 0) is 30.7 Å². The highest BCUT2D eigenvalue weighted by Crippen LogP contribution is 2.33. The Labute approximate surface area is 141 Å². The highest BCUT2D eigenvalue weighted by molar-refractivity contribution is 7.91. The van der Waals surface area contributed by atoms with Gasteiger partial charge in [-0.25, -0.2) is 8.42 Å². The first-order chi connectivity index (χ1) is 11.5. The van der Waals surface area contributed by atoms with Crippen LogP contribution in [-0.2, 0) is 9.84 Å². The number of carbonyl (C=O) groups is 1. The first kappa shape index (κ1) is 16.5. The molecule has 1 heterocycles. The van der Waals surface area contributed by atoms with Crippen LogP contribution in [-0.4, -0.2) is 39.0 Å². The molecule has 2 aromatic carbocycles. The number of hydrogen-bond donors (Lipinski definition) is 0. The Bertz CT molecular complexity index is 833. The monoisotopic (exact) mass is 345 g/mol. The molecule has 1 aliphatic heterocycles. The van der Waals surface area contributed by atoms with E-state index in [0.29, 0.717) is 23.4 Å². The van der Waals surface area contributed by atoms with Crippen molar-refractivity contribution in [3.63, 3.8) is 0 Å². The van der Waals surface area contributed by atoms with E-state index in [1.165, 1.54) is 7.11 Å². The maximum Gasteiger partial charge on any atom is 0.258 e. The van der Waals surface area contributed by atoms with Crippen LogP contribution in [0.3, 0.4) is 0 Å². The van der Waals surface area contributed by atoms with E-state index < -0.39 is 9.84 Å². The summed E-state index contributed by atoms with van der Waals surface area (Å²) in [6.07, 6.45) is 0.430. The third kappa shape index (κ3) is 3.28. The molecule has 1 unspecified atom stereocenters. The fraction of sp³-hybridized carbons (Fsp3) is 0.278. The van der Waals surface area contributed by atoms with E-state index in [0.717, 1.165) is 0 Å². The van der Waals surface area contributed by atoms with E-state index in [1.807, 2.05) is 18.2 Å². The molecule has 1 saturated heterocycles. The summed E-state index contributed by atoms with van der Waals surface area (Å²) in [7, 11) is -1.58. The van der Waals surface area contributed by atoms with Gasteiger partial charge in [0.05, 0.1) is 30.3 Å². The zero-order chi connectivity index (χ0) is 17.2. The van der Waals surface area contributed by atoms with Crippen molar-refractivity contribution < 1.29 is 17.9 Å². The minimum absolute atomic E-state index is 0.0242. The number of benzene rings is 2. The summed E-state index contributed by atoms with van der Waals surface area (Å²) < 4.78 is 29.2. The van der Waals surface area contributed by atoms with Gasteiger partial charge in [0.1, 0.15) is 5.75 Å². The number of sulfone groups is 1. The summed E-state index contributed by atoms with van der Waals surface area (Å²) >= 11 is 0. The predicted octanol–water partition coefficient (Wildman–Crippen LogP) is 2.53. The van der Waals surface area contributed by atoms with Crippen molar-refractivity contribution in [1.29, 1.82) is 0 Å². The lowest BCUT2D eigenvalue weighted by Crippen LogP contribution is -2.41. The molecule has 0 radical (unpaired) electrons. The van der Waals surface area contributed by atoms with Crippen LogP contribution >= 0.6 is 0 Å². The lowest BCUT2D eigenvalue weighted by atomic mass is 10.1. The minimum atomic E-state index is -3.12. The summed E-state index contributed by atoms with van der Waals surface area (Å²) in [5, 5.41) is 0. The van der Waals surface area contributed by atoms with Gasteiger partial charge in [0.2, 0.25) is 0 Å². The summed E-state index contributed by atoms with van der Waals surface area (Å²) in [4.78, 5) is 14.7. The SMILES string of the molecule is COc1ccccc1N(C(=O)c1ccccc1)C1CCS(=O)(=O)C1. The topological polar surface area (TPSA) is 63.7 Å². The second-order valence-electron chi connectivity index (χ2n) is 5.77. The smallest absolute Gasteiger partial charge is 0.258 e. The maximum atomic E-state index is 13.1. The molecule has 0 saturated carbocycles. The maximum absolute atomic E-state index is 13.1. The predicted molar refractivity (Wildman–Crippen MR) is 93.3 cm³/mol. The molecule has 24 heavy (non-hydrogen) atoms. The van der Waals surface area contributed by atoms with Gasteiger partial charge in [0, 0.05) is 5.56 Å². The van der Waals surface area contributed by atoms with Crippen LogP contribution in [0.15, 0.2) is 54.6 Å². The number of carbonyl (C=O) groups excluding carboxylic acids is 1. The van der Waals surface area contributed by atoms with E-state index in [-0.39, 0.29) is 23.5 Å². The fourth-order valence-electron chi connectivity index (χ4n) is 3.00. The van der Waals surface area contributed by atoms with Crippen LogP contribution in [0.4, 0.5) is 5.69 Å². The van der Waals surface area contributed by atoms with E-state index in [1.54, 1.807) is 41.3 Å². The van der Waals surface area contributed by atoms with Crippen LogP contribution in [0.5, 0.6) is 5.75 Å². The van der Waals surface area contributed by atoms with Crippen LogP contribution < -0.4 is 9.64 Å². The fourth-order valence-corrected chi connectivity index (χ4v) is 4.70. The average Bonchev–Trinajstić information content (AvgIpc) is 2.96. The molecule has 1 aliphatic rings. The van der Waals surface area contributed by atoms with E-state index in [9.17, 15) is 13.2 Å². The molecule has 1 amide bonds. The van der Waals surface area contributed by atoms with Crippen molar-refractivity contribution in [3.05, 3.63) is 60.2 Å². The average molecular weight is 345 g/mol. The standard InChI is InChI=1S/C18H19NO4S/c1-23-17-10-6-5-9-16(17)19(15-11-12-24(21,22)13-15)18(20)14-7-3-2-4-8-14/h2-10,15H,11-13H2,1H3. The molecule has 0 bridgehead atoms. The van der Waals surface area contributed by atoms with Gasteiger partial charge in [-0.2, -0.15) is 0 Å². The largest absolute Gasteiger partial charge is 0.495 e. The van der Waals surface area contributed by atoms with Crippen molar-refractivity contribution >= 4 is 21.4 Å². The van der Waals surface area contributed by atoms with E-state index in [2.05, 4.69) is 0 Å². The Morgan fingerprint density at radius 3 is 2.38 bits per heavy atom. The molecule has 0 N–H and O–H groups in total. The van der Waals surface area contributed by atoms with Crippen molar-refractivity contribution in [2.75, 3.05) is 23.5 Å². The number of methoxy groups -OCH3 is 1. The Balaban J connectivity index is 2.06. The Morgan fingerprint density at radius 1 is 1.08 bits per heavy atom. The summed E-state index contributed by atoms with van der Waals surface area (Å²) in [6.45, 7) is 0. The normalized spacial score (nSPS) is 19.0. The van der Waals surface area contributed by atoms with Crippen molar-refractivity contribution in [1.82, 2.24) is 0 Å². The minimum Gasteiger partial charge on any atom is -0.495 e. The molecule has 6 heteroatoms. The van der Waals surface area contributed by atoms with Gasteiger partial charge in [-0.15, -0.1) is 0 Å². The number of amides is 1. The van der Waals surface area contributed by atoms with Gasteiger partial charge in [0.15, 0.2) is 9.84 Å². The van der Waals surface area contributed by atoms with Crippen molar-refractivity contribution in [2.45, 2.75) is 12.5 Å². The van der Waals surface area contributed by atoms with Gasteiger partial charge < -0.3 is 9.64 Å². The van der Waals surface area contributed by atoms with Crippen LogP contribution in [0, 0.1) is 0 Å². The highest BCUT2D eigenvalue weighted by Gasteiger charge is 2.36. The summed E-state index contributed by atoms with van der Waals surface area (Å²) in [5.41, 5.74) is 1.11. The van der Waals surface area contributed by atoms with Gasteiger partial charge in [0.25, 0.3) is 5.91 Å². The second-order valence-corrected chi connectivity index (χ2v) is 8.00. The van der Waals surface area contributed by atoms with Gasteiger partial charge in [-0.3, -0.25) is 4.79 Å². The molecular formula is C18H19NO4S. The molecule has 3 rings (SSSR count). The van der Waals surface area contributed by atoms with Gasteiger partial charge >= 0.3 is 0 Å². The Kier molecular flexibility index (Phi) is 4.57. The third-order valence-electron chi connectivity index (χ3n) is 4.16. The second kappa shape index (κ2) is 6.65. The van der Waals surface area contributed by atoms with Crippen LogP contribution in [0.2, 0.25) is 0 Å². The molecule has 5 nitrogen and oxygen atoms in total. The summed E-state index contributed by atoms with van der Waals surface area (Å²) in [5.74, 6) is 0.405. The third-order valence-corrected chi connectivity index (χ3v) is 5.91. The molecule has 126 valence electrons. The molecule has 0 aromatic heterocycles. The highest BCUT2D eigenvalue weighted by atomic mass is 32.2. The molecule has 2 aromatic rings. The number of ether oxygens (including phenoxy) is 1. The Hall–Kier alpha value is -2.34. The zero-order valence-corrected chi connectivity index (χ0v) is 14.2. The first-order valence-corrected chi connectivity index (χ1v) is 9.56. The van der Waals surface area contributed by atoms with E-state index >= 15 is 0 Å². The van der Waals surface area contributed by atoms with E-state index in [4.69, 9.17) is 4.74 Å². The molecule has 1 atom stereocenters. The number of hydrogen-bond acceptors (Lipinski definition) is 4. The number of para-hydroxylation sites is 2. The molecule has 1 fully saturated rings. The number of nitrogens with zero attached hydrogens (tertiary/aromatic N) is 1. The molecule has 0 aliphatic carbocycles. The van der Waals surface area contributed by atoms with Crippen molar-refractivity contribution in [2.24, 2.45) is 0 Å². The van der Waals surface area contributed by atoms with Crippen molar-refractivity contribution in [3.8, 4) is 5.75 Å². The number of rotatable bonds is 4. The lowest BCUT2D eigenvalue weighted by Gasteiger charge is -2.29. The van der Waals surface area contributed by atoms with Gasteiger partial charge in [-0.1, -0.05) is 30.3 Å². The first-order valence-electron chi connectivity index (χ1n) is 7.74. The number of anilines is 1. The van der Waals surface area contributed by atoms with Crippen LogP contribution in [0.1, 0.15) is 16.8 Å². The lowest BCUT2D eigenvalue weighted by molar-refractivity contribution is 0.0978. The molecule has 0 spiro atoms. The van der Waals surface area contributed by atoms with Crippen LogP contribution in [0.25, 0.3) is 0 Å².